The van der Waals surface area contributed by atoms with E-state index in [1.165, 1.54) is 30.5 Å². The van der Waals surface area contributed by atoms with Gasteiger partial charge in [-0.3, -0.25) is 9.88 Å². The van der Waals surface area contributed by atoms with Gasteiger partial charge in [0.1, 0.15) is 34.2 Å². The number of aromatic nitrogens is 3. The van der Waals surface area contributed by atoms with Gasteiger partial charge in [0.05, 0.1) is 42.9 Å². The maximum Gasteiger partial charge on any atom is 0.319 e. The minimum atomic E-state index is -1.21. The van der Waals surface area contributed by atoms with Crippen LogP contribution in [0.4, 0.5) is 14.6 Å². The number of fused-ring (bicyclic) bond motifs is 3. The van der Waals surface area contributed by atoms with Gasteiger partial charge >= 0.3 is 6.01 Å². The first-order valence-corrected chi connectivity index (χ1v) is 18.2. The Labute approximate surface area is 301 Å². The van der Waals surface area contributed by atoms with Crippen LogP contribution in [0.1, 0.15) is 71.3 Å². The number of β-amino-alcohol motifs (C(OH)–C–C–N with tert-alkyl or cyclic N) is 1. The van der Waals surface area contributed by atoms with Gasteiger partial charge in [-0.2, -0.15) is 9.97 Å². The van der Waals surface area contributed by atoms with Crippen molar-refractivity contribution in [3.8, 4) is 35.4 Å². The summed E-state index contributed by atoms with van der Waals surface area (Å²) in [5.41, 5.74) is -2.36. The summed E-state index contributed by atoms with van der Waals surface area (Å²) in [4.78, 5) is 18.4. The fraction of sp³-hybridized carbons (Fsp3) is 0.525. The van der Waals surface area contributed by atoms with Crippen LogP contribution in [0.15, 0.2) is 30.5 Å². The Hall–Kier alpha value is -4.15. The fourth-order valence-electron chi connectivity index (χ4n) is 9.70. The molecular formula is C40H45F2N5O5. The van der Waals surface area contributed by atoms with Crippen molar-refractivity contribution in [1.29, 1.82) is 0 Å². The number of terminal acetylenes is 1. The Balaban J connectivity index is 1.23. The van der Waals surface area contributed by atoms with Crippen LogP contribution < -0.4 is 9.64 Å². The van der Waals surface area contributed by atoms with Crippen LogP contribution in [-0.4, -0.2) is 97.4 Å². The van der Waals surface area contributed by atoms with Crippen LogP contribution in [0.2, 0.25) is 0 Å². The molecule has 2 aliphatic carbocycles. The molecule has 0 bridgehead atoms. The van der Waals surface area contributed by atoms with E-state index < -0.39 is 22.8 Å². The summed E-state index contributed by atoms with van der Waals surface area (Å²) in [5.74, 6) is 1.09. The summed E-state index contributed by atoms with van der Waals surface area (Å²) >= 11 is 0. The van der Waals surface area contributed by atoms with Gasteiger partial charge in [-0.15, -0.1) is 6.42 Å². The Morgan fingerprint density at radius 3 is 2.60 bits per heavy atom. The zero-order chi connectivity index (χ0) is 36.6. The van der Waals surface area contributed by atoms with Crippen LogP contribution in [0, 0.1) is 29.4 Å². The number of piperidine rings is 1. The first kappa shape index (κ1) is 34.9. The Morgan fingerprint density at radius 1 is 1.04 bits per heavy atom. The van der Waals surface area contributed by atoms with Crippen LogP contribution in [-0.2, 0) is 4.74 Å². The Kier molecular flexibility index (Phi) is 8.38. The van der Waals surface area contributed by atoms with E-state index in [0.29, 0.717) is 42.4 Å². The third kappa shape index (κ3) is 5.73. The van der Waals surface area contributed by atoms with Crippen molar-refractivity contribution < 1.29 is 33.6 Å². The molecule has 8 rings (SSSR count). The molecule has 2 saturated heterocycles. The molecule has 12 heteroatoms. The lowest BCUT2D eigenvalue weighted by molar-refractivity contribution is -0.150. The summed E-state index contributed by atoms with van der Waals surface area (Å²) in [5, 5.41) is 33.3. The summed E-state index contributed by atoms with van der Waals surface area (Å²) in [7, 11) is 0. The molecule has 10 nitrogen and oxygen atoms in total. The topological polar surface area (TPSA) is 124 Å². The second-order valence-corrected chi connectivity index (χ2v) is 16.2. The summed E-state index contributed by atoms with van der Waals surface area (Å²) in [6.07, 6.45) is 13.7. The van der Waals surface area contributed by atoms with E-state index in [0.717, 1.165) is 51.5 Å². The number of rotatable bonds is 6. The minimum Gasteiger partial charge on any atom is -0.508 e. The van der Waals surface area contributed by atoms with E-state index in [2.05, 4.69) is 27.7 Å². The zero-order valence-corrected chi connectivity index (χ0v) is 29.9. The average Bonchev–Trinajstić information content (AvgIpc) is 3.33. The smallest absolute Gasteiger partial charge is 0.319 e. The van der Waals surface area contributed by atoms with E-state index >= 15 is 4.39 Å². The predicted molar refractivity (Wildman–Crippen MR) is 193 cm³/mol. The molecule has 0 radical (unpaired) electrons. The first-order valence-electron chi connectivity index (χ1n) is 18.2. The van der Waals surface area contributed by atoms with Crippen molar-refractivity contribution in [3.63, 3.8) is 0 Å². The average molecular weight is 714 g/mol. The van der Waals surface area contributed by atoms with Gasteiger partial charge in [-0.1, -0.05) is 18.4 Å². The molecule has 4 aliphatic rings. The van der Waals surface area contributed by atoms with E-state index in [-0.39, 0.29) is 63.6 Å². The quantitative estimate of drug-likeness (QED) is 0.214. The molecule has 274 valence electrons. The van der Waals surface area contributed by atoms with Crippen LogP contribution >= 0.6 is 0 Å². The lowest BCUT2D eigenvalue weighted by Gasteiger charge is -2.60. The molecule has 4 heterocycles. The molecule has 2 saturated carbocycles. The van der Waals surface area contributed by atoms with E-state index in [1.807, 2.05) is 11.8 Å². The molecule has 3 N–H and O–H groups in total. The maximum absolute atomic E-state index is 17.1. The van der Waals surface area contributed by atoms with Crippen LogP contribution in [0.25, 0.3) is 32.9 Å². The summed E-state index contributed by atoms with van der Waals surface area (Å²) in [6, 6.07) is 5.75. The fourth-order valence-corrected chi connectivity index (χ4v) is 9.70. The normalized spacial score (nSPS) is 30.9. The molecule has 4 aromatic rings. The second-order valence-electron chi connectivity index (χ2n) is 16.2. The zero-order valence-electron chi connectivity index (χ0n) is 29.9. The molecule has 2 aliphatic heterocycles. The standard InChI is InChI=1S/C40H45F2N5O5/c1-5-27-30(41)9-8-24-16-26(48)17-28(31(24)27)33-32(42)34-29(20-43-33)35(46-14-15-51-22-38(3,50)21-46)45-36(44-34)52-23-40-11-6-10-39(40,4)47(13-7-12-40)25-18-37(2,49)19-25/h1,8-9,16-17,20,25,48-50H,6-7,10-15,18-19,21-23H2,2-4H3/t25?,37?,38-,39+,40?/m0/s1. The molecule has 52 heavy (non-hydrogen) atoms. The van der Waals surface area contributed by atoms with Gasteiger partial charge in [-0.05, 0) is 89.4 Å². The SMILES string of the molecule is C#Cc1c(F)ccc2cc(O)cc(-c3ncc4c(N5CCOC[C@@](C)(O)C5)nc(OCC56CCCN(C7CC(C)(O)C7)[C@]5(C)CCC6)nc4c3F)c12. The number of halogens is 2. The van der Waals surface area contributed by atoms with Gasteiger partial charge < -0.3 is 29.7 Å². The summed E-state index contributed by atoms with van der Waals surface area (Å²) in [6.45, 7) is 8.17. The first-order chi connectivity index (χ1) is 24.7. The molecule has 2 aromatic carbocycles. The van der Waals surface area contributed by atoms with Crippen LogP contribution in [0.3, 0.4) is 0 Å². The molecule has 2 aromatic heterocycles. The lowest BCUT2D eigenvalue weighted by atomic mass is 9.64. The number of phenols is 1. The third-order valence-electron chi connectivity index (χ3n) is 12.3. The van der Waals surface area contributed by atoms with Gasteiger partial charge in [0.2, 0.25) is 0 Å². The molecule has 3 atom stereocenters. The van der Waals surface area contributed by atoms with Gasteiger partial charge in [-0.25, -0.2) is 8.78 Å². The van der Waals surface area contributed by atoms with E-state index in [9.17, 15) is 19.7 Å². The Bertz CT molecular complexity index is 2110. The van der Waals surface area contributed by atoms with Gasteiger partial charge in [0.25, 0.3) is 0 Å². The number of hydrogen-bond acceptors (Lipinski definition) is 10. The number of anilines is 1. The third-order valence-corrected chi connectivity index (χ3v) is 12.3. The number of ether oxygens (including phenoxy) is 2. The number of aromatic hydroxyl groups is 1. The molecule has 0 amide bonds. The number of likely N-dealkylation sites (tertiary alicyclic amines) is 1. The highest BCUT2D eigenvalue weighted by molar-refractivity contribution is 6.03. The van der Waals surface area contributed by atoms with Crippen molar-refractivity contribution in [2.45, 2.75) is 88.5 Å². The lowest BCUT2D eigenvalue weighted by Crippen LogP contribution is -2.67. The van der Waals surface area contributed by atoms with E-state index in [1.54, 1.807) is 6.92 Å². The monoisotopic (exact) mass is 713 g/mol. The molecular weight excluding hydrogens is 668 g/mol. The molecule has 1 unspecified atom stereocenters. The van der Waals surface area contributed by atoms with Crippen LogP contribution in [0.5, 0.6) is 11.8 Å². The van der Waals surface area contributed by atoms with Crippen molar-refractivity contribution in [2.24, 2.45) is 5.41 Å². The minimum absolute atomic E-state index is 0.00758. The van der Waals surface area contributed by atoms with Gasteiger partial charge in [0, 0.05) is 40.7 Å². The largest absolute Gasteiger partial charge is 0.508 e. The second kappa shape index (κ2) is 12.5. The highest BCUT2D eigenvalue weighted by Gasteiger charge is 2.60. The number of aliphatic hydroxyl groups is 2. The number of benzene rings is 2. The predicted octanol–water partition coefficient (Wildman–Crippen LogP) is 5.71. The number of phenolic OH excluding ortho intramolecular Hbond substituents is 1. The summed E-state index contributed by atoms with van der Waals surface area (Å²) < 4.78 is 44.3. The van der Waals surface area contributed by atoms with Crippen molar-refractivity contribution >= 4 is 27.5 Å². The highest BCUT2D eigenvalue weighted by Crippen LogP contribution is 2.58. The number of hydrogen-bond donors (Lipinski definition) is 3. The molecule has 4 fully saturated rings. The molecule has 0 spiro atoms. The van der Waals surface area contributed by atoms with Gasteiger partial charge in [0.15, 0.2) is 5.82 Å². The maximum atomic E-state index is 17.1. The highest BCUT2D eigenvalue weighted by atomic mass is 19.1. The van der Waals surface area contributed by atoms with Crippen molar-refractivity contribution in [3.05, 3.63) is 47.7 Å². The van der Waals surface area contributed by atoms with Crippen molar-refractivity contribution in [1.82, 2.24) is 19.9 Å². The number of pyridine rings is 1. The number of nitrogens with zero attached hydrogens (tertiary/aromatic N) is 5. The van der Waals surface area contributed by atoms with Crippen molar-refractivity contribution in [2.75, 3.05) is 44.4 Å². The van der Waals surface area contributed by atoms with E-state index in [4.69, 9.17) is 20.9 Å². The Morgan fingerprint density at radius 2 is 1.83 bits per heavy atom.